The maximum absolute atomic E-state index is 2.54. The lowest BCUT2D eigenvalue weighted by molar-refractivity contribution is 0.0479. The van der Waals surface area contributed by atoms with Gasteiger partial charge in [0.05, 0.1) is 0 Å². The van der Waals surface area contributed by atoms with E-state index in [1.54, 1.807) is 61.2 Å². The summed E-state index contributed by atoms with van der Waals surface area (Å²) in [5.74, 6) is 22.2. The molecular weight excluding hydrogens is 1690 g/mol. The van der Waals surface area contributed by atoms with Crippen molar-refractivity contribution in [2.75, 3.05) is 0 Å². The summed E-state index contributed by atoms with van der Waals surface area (Å²) in [6, 6.07) is 103. The highest BCUT2D eigenvalue weighted by Gasteiger charge is 2.64. The fourth-order valence-corrected chi connectivity index (χ4v) is 33.6. The molecule has 8 fully saturated rings. The quantitative estimate of drug-likeness (QED) is 0.113. The van der Waals surface area contributed by atoms with E-state index in [1.807, 2.05) is 0 Å². The first-order chi connectivity index (χ1) is 65.1. The number of hydrogen-bond donors (Lipinski definition) is 0. The van der Waals surface area contributed by atoms with Crippen LogP contribution in [-0.4, -0.2) is 0 Å². The molecule has 8 saturated carbocycles. The van der Waals surface area contributed by atoms with Crippen LogP contribution in [0.2, 0.25) is 0 Å². The summed E-state index contributed by atoms with van der Waals surface area (Å²) in [5, 5.41) is 23.1. The van der Waals surface area contributed by atoms with Gasteiger partial charge in [0.1, 0.15) is 0 Å². The Morgan fingerprint density at radius 3 is 0.787 bits per heavy atom. The molecule has 0 radical (unpaired) electrons. The zero-order valence-electron chi connectivity index (χ0n) is 81.7. The minimum Gasteiger partial charge on any atom is -0.0776 e. The van der Waals surface area contributed by atoms with E-state index in [0.29, 0.717) is 0 Å². The molecule has 16 aromatic rings. The lowest BCUT2D eigenvalue weighted by Crippen LogP contribution is -2.42. The highest BCUT2D eigenvalue weighted by Crippen LogP contribution is 2.72. The fourth-order valence-electron chi connectivity index (χ4n) is 33.6. The van der Waals surface area contributed by atoms with Gasteiger partial charge in [-0.15, -0.1) is 0 Å². The standard InChI is InChI=1S/3C33H34.C18H18.C16H20.8CH4/c1-4-23-24-12-5-7-14-26(24)28(27-15-8-6-13-25(23)27)17-21-10-9-11-22-18-30-31-20(3)19(2)16-29(31)33(30)32(21)22;1-4-23-24-12-5-7-14-26(24)28(27-15-8-6-13-25(23)27)17-21-10-9-11-22-18-30-29-16-19(2)20(3)31(29)33(30)32(21)22;1-4-22-23-11-5-7-13-25(23)29(26-14-8-6-12-24(22)26)17-21-10-9-15-27-28(21)18-31-32-20(3)19(2)16-30(32)33(27)31;1-3-13-15-9-5-7-11-17(15)14(4-2)18-12-8-6-10-16(13)18;1-9-7-13-14-8-11-5-3-4-6-12(11)16(14)15(13)10(9)2;;;;;;;;/h2*5-15,19-20,29-31,33H,4,16-18H2,1-3H3;5-15,19-20,30-33H,4,16-18H2,1-3H3;5-12H,3-4H2,1-2H3;3-6,9-10,13-16H,7-8H2,1-2H3;8*1H4/t19-,20-,29+,30?,31-,33+;19-,20-,29-,30?,31-,33+;19-,20-,30+,31?,32-,33+;;9-,10-,13?,14+,15-,16?;;;;;;;;/m101.0......../s1. The molecule has 12 aliphatic rings. The van der Waals surface area contributed by atoms with Crippen LogP contribution in [0.4, 0.5) is 0 Å². The third kappa shape index (κ3) is 16.2. The molecule has 0 N–H and O–H groups in total. The Morgan fingerprint density at radius 1 is 0.191 bits per heavy atom. The van der Waals surface area contributed by atoms with E-state index < -0.39 is 0 Å². The molecule has 0 aromatic heterocycles. The van der Waals surface area contributed by atoms with Crippen molar-refractivity contribution in [2.24, 2.45) is 118 Å². The van der Waals surface area contributed by atoms with Gasteiger partial charge in [-0.25, -0.2) is 0 Å². The van der Waals surface area contributed by atoms with Gasteiger partial charge < -0.3 is 0 Å². The summed E-state index contributed by atoms with van der Waals surface area (Å²) in [5.41, 5.74) is 30.4. The van der Waals surface area contributed by atoms with E-state index in [9.17, 15) is 0 Å². The molecule has 5 unspecified atom stereocenters. The van der Waals surface area contributed by atoms with Crippen molar-refractivity contribution >= 4 is 86.2 Å². The first-order valence-corrected chi connectivity index (χ1v) is 53.2. The number of fused-ring (bicyclic) bond motifs is 32. The van der Waals surface area contributed by atoms with Crippen LogP contribution in [0.3, 0.4) is 0 Å². The molecule has 0 heterocycles. The van der Waals surface area contributed by atoms with Crippen LogP contribution in [0.25, 0.3) is 86.2 Å². The normalized spacial score (nSPS) is 27.7. The highest BCUT2D eigenvalue weighted by molar-refractivity contribution is 6.10. The van der Waals surface area contributed by atoms with Gasteiger partial charge in [-0.3, -0.25) is 0 Å². The predicted molar refractivity (Wildman–Crippen MR) is 620 cm³/mol. The molecule has 0 saturated heterocycles. The van der Waals surface area contributed by atoms with Crippen molar-refractivity contribution in [3.63, 3.8) is 0 Å². The van der Waals surface area contributed by atoms with Gasteiger partial charge in [0.25, 0.3) is 0 Å². The van der Waals surface area contributed by atoms with Crippen molar-refractivity contribution in [1.82, 2.24) is 0 Å². The highest BCUT2D eigenvalue weighted by atomic mass is 14.7. The van der Waals surface area contributed by atoms with E-state index in [0.717, 1.165) is 193 Å². The second kappa shape index (κ2) is 41.4. The molecule has 0 heteroatoms. The monoisotopic (exact) mass is 1870 g/mol. The van der Waals surface area contributed by atoms with E-state index in [4.69, 9.17) is 0 Å². The number of benzene rings is 16. The third-order valence-corrected chi connectivity index (χ3v) is 39.9. The number of hydrogen-bond acceptors (Lipinski definition) is 0. The van der Waals surface area contributed by atoms with Gasteiger partial charge in [-0.2, -0.15) is 0 Å². The minimum atomic E-state index is 0. The first-order valence-electron chi connectivity index (χ1n) is 53.2. The Labute approximate surface area is 853 Å². The van der Waals surface area contributed by atoms with Gasteiger partial charge >= 0.3 is 0 Å². The number of rotatable bonds is 11. The van der Waals surface area contributed by atoms with Crippen LogP contribution in [0.15, 0.2) is 273 Å². The van der Waals surface area contributed by atoms with Crippen molar-refractivity contribution in [3.8, 4) is 0 Å². The molecule has 0 amide bonds. The molecule has 0 nitrogen and oxygen atoms in total. The molecule has 0 spiro atoms. The molecule has 0 aliphatic heterocycles. The Hall–Kier alpha value is -10.4. The van der Waals surface area contributed by atoms with Gasteiger partial charge in [0.15, 0.2) is 0 Å². The molecular formula is C141H172. The molecule has 141 heavy (non-hydrogen) atoms. The van der Waals surface area contributed by atoms with Crippen molar-refractivity contribution in [2.45, 2.75) is 276 Å². The molecule has 12 aliphatic carbocycles. The minimum absolute atomic E-state index is 0. The van der Waals surface area contributed by atoms with Gasteiger partial charge in [0, 0.05) is 0 Å². The van der Waals surface area contributed by atoms with Gasteiger partial charge in [-0.05, 0) is 437 Å². The predicted octanol–water partition coefficient (Wildman–Crippen LogP) is 39.0. The van der Waals surface area contributed by atoms with Gasteiger partial charge in [-0.1, -0.05) is 422 Å². The van der Waals surface area contributed by atoms with Crippen molar-refractivity contribution in [1.29, 1.82) is 0 Å². The summed E-state index contributed by atoms with van der Waals surface area (Å²) in [7, 11) is 0. The Bertz CT molecular complexity index is 6940. The summed E-state index contributed by atoms with van der Waals surface area (Å²) in [4.78, 5) is 0. The van der Waals surface area contributed by atoms with E-state index >= 15 is 0 Å². The zero-order chi connectivity index (χ0) is 90.2. The number of aryl methyl sites for hydroxylation is 5. The van der Waals surface area contributed by atoms with E-state index in [-0.39, 0.29) is 59.4 Å². The van der Waals surface area contributed by atoms with E-state index in [2.05, 4.69) is 363 Å². The van der Waals surface area contributed by atoms with Gasteiger partial charge in [0.2, 0.25) is 0 Å². The van der Waals surface area contributed by atoms with Crippen LogP contribution < -0.4 is 0 Å². The Balaban J connectivity index is 0.000000128. The molecule has 24 atom stereocenters. The van der Waals surface area contributed by atoms with Crippen LogP contribution in [-0.2, 0) is 77.0 Å². The van der Waals surface area contributed by atoms with Crippen molar-refractivity contribution < 1.29 is 0 Å². The Kier molecular flexibility index (Phi) is 30.4. The lowest BCUT2D eigenvalue weighted by Gasteiger charge is -2.48. The SMILES string of the molecule is C.C.C.C.C.C.C.C.CCc1c2ccccc2c(CC)c2ccccc12.CCc1c2ccccc2c(Cc2cccc3c2CC2[C@@H]4[C@H](C)[C@H](C)C[C@@H]4[C@H]32)c2ccccc12.CCc1c2ccccc2c(Cc2cccc3c2[C@@H]2C(C3)[C@@H]3C[C@H](C)[C@H](C)[C@H]23)c2ccccc12.CCc1c2ccccc2c(Cc2cccc3c2[C@@H]2C(C3)[C@@H]3[C@H](C)[C@H](C)C[C@@H]32)c2ccccc12.C[C@@H]1[C@H]2C(C[C@@H]1C)[C@H]1Cc3ccccc3C12. The maximum Gasteiger partial charge on any atom is -0.00105 e. The summed E-state index contributed by atoms with van der Waals surface area (Å²) in [6.07, 6.45) is 19.8. The topological polar surface area (TPSA) is 0 Å². The van der Waals surface area contributed by atoms with Crippen LogP contribution in [0.5, 0.6) is 0 Å². The van der Waals surface area contributed by atoms with Crippen LogP contribution >= 0.6 is 0 Å². The zero-order valence-corrected chi connectivity index (χ0v) is 81.7. The lowest BCUT2D eigenvalue weighted by atomic mass is 9.56. The summed E-state index contributed by atoms with van der Waals surface area (Å²) in [6.45, 7) is 31.4. The van der Waals surface area contributed by atoms with Crippen LogP contribution in [0.1, 0.15) is 304 Å². The molecule has 16 aromatic carbocycles. The average molecular weight is 1870 g/mol. The van der Waals surface area contributed by atoms with E-state index in [1.165, 1.54) is 182 Å². The fraction of sp³-hybridized carbons (Fsp3) is 0.433. The molecule has 28 rings (SSSR count). The smallest absolute Gasteiger partial charge is 0.00105 e. The first kappa shape index (κ1) is 103. The second-order valence-corrected chi connectivity index (χ2v) is 45.0. The second-order valence-electron chi connectivity index (χ2n) is 45.0. The van der Waals surface area contributed by atoms with Crippen molar-refractivity contribution in [3.05, 3.63) is 379 Å². The Morgan fingerprint density at radius 2 is 0.433 bits per heavy atom. The summed E-state index contributed by atoms with van der Waals surface area (Å²) < 4.78 is 0. The average Bonchev–Trinajstić information content (AvgIpc) is 1.55. The van der Waals surface area contributed by atoms with Crippen LogP contribution in [0, 0.1) is 118 Å². The third-order valence-electron chi connectivity index (χ3n) is 39.9. The summed E-state index contributed by atoms with van der Waals surface area (Å²) >= 11 is 0. The maximum atomic E-state index is 2.54. The molecule has 0 bridgehead atoms. The molecule has 736 valence electrons. The largest absolute Gasteiger partial charge is 0.0776 e.